The van der Waals surface area contributed by atoms with Crippen LogP contribution in [0, 0.1) is 6.92 Å². The average molecular weight is 227 g/mol. The molecule has 1 amide bonds. The van der Waals surface area contributed by atoms with Gasteiger partial charge < -0.3 is 11.1 Å². The quantitative estimate of drug-likeness (QED) is 0.831. The Labute approximate surface area is 94.6 Å². The number of anilines is 1. The van der Waals surface area contributed by atoms with Crippen molar-refractivity contribution in [2.45, 2.75) is 26.3 Å². The van der Waals surface area contributed by atoms with E-state index in [-0.39, 0.29) is 5.91 Å². The zero-order valence-corrected chi connectivity index (χ0v) is 9.64. The minimum absolute atomic E-state index is 0.178. The van der Waals surface area contributed by atoms with Crippen molar-refractivity contribution in [2.75, 3.05) is 5.32 Å². The fraction of sp³-hybridized carbons (Fsp3) is 0.364. The lowest BCUT2D eigenvalue weighted by Gasteiger charge is -2.12. The van der Waals surface area contributed by atoms with Crippen molar-refractivity contribution in [3.8, 4) is 0 Å². The Morgan fingerprint density at radius 2 is 2.27 bits per heavy atom. The van der Waals surface area contributed by atoms with Gasteiger partial charge in [-0.3, -0.25) is 4.79 Å². The summed E-state index contributed by atoms with van der Waals surface area (Å²) in [5.41, 5.74) is 7.29. The molecule has 0 saturated heterocycles. The lowest BCUT2D eigenvalue weighted by atomic mass is 10.1. The molecule has 0 radical (unpaired) electrons. The summed E-state index contributed by atoms with van der Waals surface area (Å²) in [7, 11) is 0. The Kier molecular flexibility index (Phi) is 4.12. The van der Waals surface area contributed by atoms with E-state index in [4.69, 9.17) is 17.3 Å². The molecule has 1 aromatic carbocycles. The molecule has 4 heteroatoms. The summed E-state index contributed by atoms with van der Waals surface area (Å²) in [6, 6.07) is 4.89. The van der Waals surface area contributed by atoms with E-state index in [2.05, 4.69) is 5.32 Å². The second-order valence-corrected chi connectivity index (χ2v) is 3.90. The monoisotopic (exact) mass is 226 g/mol. The summed E-state index contributed by atoms with van der Waals surface area (Å²) < 4.78 is 0. The normalized spacial score (nSPS) is 12.3. The van der Waals surface area contributed by atoms with Crippen LogP contribution >= 0.6 is 11.6 Å². The SMILES string of the molecule is CCC(N)C(=O)Nc1cc(Cl)ccc1C. The van der Waals surface area contributed by atoms with E-state index in [1.54, 1.807) is 12.1 Å². The van der Waals surface area contributed by atoms with Crippen LogP contribution in [0.4, 0.5) is 5.69 Å². The summed E-state index contributed by atoms with van der Waals surface area (Å²) in [5, 5.41) is 3.35. The molecule has 0 aliphatic carbocycles. The molecule has 0 spiro atoms. The first-order valence-corrected chi connectivity index (χ1v) is 5.25. The molecule has 0 aromatic heterocycles. The first-order chi connectivity index (χ1) is 7.04. The van der Waals surface area contributed by atoms with Gasteiger partial charge in [0, 0.05) is 10.7 Å². The largest absolute Gasteiger partial charge is 0.324 e. The van der Waals surface area contributed by atoms with Crippen molar-refractivity contribution in [3.63, 3.8) is 0 Å². The zero-order chi connectivity index (χ0) is 11.4. The number of rotatable bonds is 3. The van der Waals surface area contributed by atoms with Crippen LogP contribution in [0.1, 0.15) is 18.9 Å². The summed E-state index contributed by atoms with van der Waals surface area (Å²) >= 11 is 5.83. The number of aryl methyl sites for hydroxylation is 1. The third-order valence-corrected chi connectivity index (χ3v) is 2.47. The molecule has 1 rings (SSSR count). The lowest BCUT2D eigenvalue weighted by Crippen LogP contribution is -2.34. The Morgan fingerprint density at radius 3 is 2.87 bits per heavy atom. The van der Waals surface area contributed by atoms with Crippen LogP contribution in [0.2, 0.25) is 5.02 Å². The van der Waals surface area contributed by atoms with Crippen molar-refractivity contribution in [1.82, 2.24) is 0 Å². The molecular weight excluding hydrogens is 212 g/mol. The fourth-order valence-electron chi connectivity index (χ4n) is 1.14. The van der Waals surface area contributed by atoms with Crippen molar-refractivity contribution >= 4 is 23.2 Å². The smallest absolute Gasteiger partial charge is 0.241 e. The van der Waals surface area contributed by atoms with E-state index in [0.717, 1.165) is 11.3 Å². The van der Waals surface area contributed by atoms with Gasteiger partial charge in [0.15, 0.2) is 0 Å². The number of carbonyl (C=O) groups is 1. The van der Waals surface area contributed by atoms with E-state index < -0.39 is 6.04 Å². The van der Waals surface area contributed by atoms with Gasteiger partial charge in [0.05, 0.1) is 6.04 Å². The van der Waals surface area contributed by atoms with Crippen LogP contribution in [0.5, 0.6) is 0 Å². The summed E-state index contributed by atoms with van der Waals surface area (Å²) in [4.78, 5) is 11.5. The molecule has 1 atom stereocenters. The first kappa shape index (κ1) is 12.0. The Balaban J connectivity index is 2.80. The predicted octanol–water partition coefficient (Wildman–Crippen LogP) is 2.32. The maximum absolute atomic E-state index is 11.5. The maximum Gasteiger partial charge on any atom is 0.241 e. The number of nitrogens with two attached hydrogens (primary N) is 1. The molecule has 15 heavy (non-hydrogen) atoms. The van der Waals surface area contributed by atoms with Gasteiger partial charge >= 0.3 is 0 Å². The second kappa shape index (κ2) is 5.14. The van der Waals surface area contributed by atoms with Crippen LogP contribution in [-0.4, -0.2) is 11.9 Å². The molecular formula is C11H15ClN2O. The highest BCUT2D eigenvalue weighted by Crippen LogP contribution is 2.20. The van der Waals surface area contributed by atoms with Gasteiger partial charge in [-0.25, -0.2) is 0 Å². The molecule has 3 nitrogen and oxygen atoms in total. The number of nitrogens with one attached hydrogen (secondary N) is 1. The van der Waals surface area contributed by atoms with Crippen LogP contribution in [0.15, 0.2) is 18.2 Å². The molecule has 1 unspecified atom stereocenters. The first-order valence-electron chi connectivity index (χ1n) is 4.87. The number of carbonyl (C=O) groups excluding carboxylic acids is 1. The van der Waals surface area contributed by atoms with Crippen molar-refractivity contribution in [3.05, 3.63) is 28.8 Å². The van der Waals surface area contributed by atoms with E-state index in [0.29, 0.717) is 11.4 Å². The number of hydrogen-bond donors (Lipinski definition) is 2. The van der Waals surface area contributed by atoms with Gasteiger partial charge in [-0.2, -0.15) is 0 Å². The van der Waals surface area contributed by atoms with Gasteiger partial charge in [0.25, 0.3) is 0 Å². The molecule has 0 bridgehead atoms. The zero-order valence-electron chi connectivity index (χ0n) is 8.88. The number of benzene rings is 1. The van der Waals surface area contributed by atoms with E-state index in [9.17, 15) is 4.79 Å². The van der Waals surface area contributed by atoms with Gasteiger partial charge in [-0.15, -0.1) is 0 Å². The molecule has 0 heterocycles. The third kappa shape index (κ3) is 3.22. The Bertz CT molecular complexity index is 366. The molecule has 3 N–H and O–H groups in total. The van der Waals surface area contributed by atoms with Gasteiger partial charge in [0.2, 0.25) is 5.91 Å². The van der Waals surface area contributed by atoms with E-state index >= 15 is 0 Å². The molecule has 0 aliphatic rings. The maximum atomic E-state index is 11.5. The summed E-state index contributed by atoms with van der Waals surface area (Å²) in [6.45, 7) is 3.78. The minimum atomic E-state index is -0.469. The van der Waals surface area contributed by atoms with E-state index in [1.165, 1.54) is 0 Å². The number of halogens is 1. The van der Waals surface area contributed by atoms with Crippen molar-refractivity contribution in [1.29, 1.82) is 0 Å². The Hall–Kier alpha value is -1.06. The molecule has 0 fully saturated rings. The van der Waals surface area contributed by atoms with Gasteiger partial charge in [-0.1, -0.05) is 24.6 Å². The topological polar surface area (TPSA) is 55.1 Å². The van der Waals surface area contributed by atoms with Crippen LogP contribution in [-0.2, 0) is 4.79 Å². The molecule has 1 aromatic rings. The average Bonchev–Trinajstić information content (AvgIpc) is 2.22. The highest BCUT2D eigenvalue weighted by molar-refractivity contribution is 6.31. The van der Waals surface area contributed by atoms with Crippen LogP contribution in [0.3, 0.4) is 0 Å². The third-order valence-electron chi connectivity index (χ3n) is 2.23. The van der Waals surface area contributed by atoms with Gasteiger partial charge in [0.1, 0.15) is 0 Å². The summed E-state index contributed by atoms with van der Waals surface area (Å²) in [5.74, 6) is -0.178. The Morgan fingerprint density at radius 1 is 1.60 bits per heavy atom. The van der Waals surface area contributed by atoms with E-state index in [1.807, 2.05) is 19.9 Å². The molecule has 82 valence electrons. The molecule has 0 aliphatic heterocycles. The highest BCUT2D eigenvalue weighted by Gasteiger charge is 2.11. The second-order valence-electron chi connectivity index (χ2n) is 3.46. The van der Waals surface area contributed by atoms with Crippen molar-refractivity contribution < 1.29 is 4.79 Å². The standard InChI is InChI=1S/C11H15ClN2O/c1-3-9(13)11(15)14-10-6-8(12)5-4-7(10)2/h4-6,9H,3,13H2,1-2H3,(H,14,15). The van der Waals surface area contributed by atoms with Crippen LogP contribution in [0.25, 0.3) is 0 Å². The van der Waals surface area contributed by atoms with Gasteiger partial charge in [-0.05, 0) is 31.0 Å². The van der Waals surface area contributed by atoms with Crippen molar-refractivity contribution in [2.24, 2.45) is 5.73 Å². The highest BCUT2D eigenvalue weighted by atomic mass is 35.5. The minimum Gasteiger partial charge on any atom is -0.324 e. The number of amides is 1. The fourth-order valence-corrected chi connectivity index (χ4v) is 1.31. The number of hydrogen-bond acceptors (Lipinski definition) is 2. The van der Waals surface area contributed by atoms with Crippen LogP contribution < -0.4 is 11.1 Å². The molecule has 0 saturated carbocycles. The lowest BCUT2D eigenvalue weighted by molar-refractivity contribution is -0.117. The summed E-state index contributed by atoms with van der Waals surface area (Å²) in [6.07, 6.45) is 0.617. The predicted molar refractivity (Wildman–Crippen MR) is 63.1 cm³/mol.